The van der Waals surface area contributed by atoms with Crippen LogP contribution in [0.1, 0.15) is 60.7 Å². The summed E-state index contributed by atoms with van der Waals surface area (Å²) in [7, 11) is -2.25. The van der Waals surface area contributed by atoms with Gasteiger partial charge in [0.25, 0.3) is 21.8 Å². The predicted octanol–water partition coefficient (Wildman–Crippen LogP) is 5.71. The summed E-state index contributed by atoms with van der Waals surface area (Å²) in [5.74, 6) is -0.488. The van der Waals surface area contributed by atoms with Gasteiger partial charge in [0, 0.05) is 48.9 Å². The molecule has 254 valence electrons. The molecule has 0 unspecified atom stereocenters. The molecule has 0 fully saturated rings. The first-order valence-corrected chi connectivity index (χ1v) is 17.7. The summed E-state index contributed by atoms with van der Waals surface area (Å²) in [4.78, 5) is 30.7. The molecule has 4 atom stereocenters. The van der Waals surface area contributed by atoms with Crippen molar-refractivity contribution in [2.75, 3.05) is 38.1 Å². The first kappa shape index (κ1) is 36.2. The minimum atomic E-state index is -3.99. The van der Waals surface area contributed by atoms with Crippen LogP contribution in [0.3, 0.4) is 0 Å². The minimum absolute atomic E-state index is 0.0179. The lowest BCUT2D eigenvalue weighted by atomic mass is 10.0. The second kappa shape index (κ2) is 16.5. The minimum Gasteiger partial charge on any atom is -0.490 e. The number of amides is 2. The second-order valence-corrected chi connectivity index (χ2v) is 14.2. The van der Waals surface area contributed by atoms with Gasteiger partial charge in [-0.1, -0.05) is 36.7 Å². The summed E-state index contributed by atoms with van der Waals surface area (Å²) in [6, 6.07) is 18.8. The van der Waals surface area contributed by atoms with Gasteiger partial charge in [0.15, 0.2) is 0 Å². The Morgan fingerprint density at radius 3 is 2.47 bits per heavy atom. The lowest BCUT2D eigenvalue weighted by molar-refractivity contribution is -0.0149. The third-order valence-electron chi connectivity index (χ3n) is 8.25. The number of halogens is 1. The Kier molecular flexibility index (Phi) is 12.7. The molecule has 2 N–H and O–H groups in total. The fourth-order valence-corrected chi connectivity index (χ4v) is 6.61. The standard InChI is InChI=1S/C35H44ClN3O7S/c1-24-21-39(25(2)23-40)35(42)31-20-29(37-47(43,44)30-16-13-28(36)14-17-30)15-18-32(31)46-26(3)10-8-9-19-45-33(24)22-38(4)34(41)27-11-6-5-7-12-27/h5-7,11-18,20,24-26,33,37,40H,8-10,19,21-23H2,1-4H3/t24-,25+,26-,33-/m0/s1. The van der Waals surface area contributed by atoms with Gasteiger partial charge in [-0.2, -0.15) is 0 Å². The molecule has 2 amide bonds. The number of hydrogen-bond acceptors (Lipinski definition) is 7. The van der Waals surface area contributed by atoms with E-state index in [0.717, 1.165) is 12.8 Å². The summed E-state index contributed by atoms with van der Waals surface area (Å²) in [6.45, 7) is 6.30. The fourth-order valence-electron chi connectivity index (χ4n) is 5.43. The number of benzene rings is 3. The van der Waals surface area contributed by atoms with E-state index in [9.17, 15) is 23.1 Å². The molecule has 1 heterocycles. The van der Waals surface area contributed by atoms with Crippen LogP contribution in [0.25, 0.3) is 0 Å². The van der Waals surface area contributed by atoms with Crippen LogP contribution in [0.2, 0.25) is 5.02 Å². The van der Waals surface area contributed by atoms with Crippen LogP contribution in [0, 0.1) is 5.92 Å². The number of aliphatic hydroxyl groups is 1. The molecule has 0 saturated heterocycles. The molecule has 0 bridgehead atoms. The summed E-state index contributed by atoms with van der Waals surface area (Å²) in [5.41, 5.74) is 0.908. The number of aliphatic hydroxyl groups excluding tert-OH is 1. The molecule has 3 aromatic carbocycles. The topological polar surface area (TPSA) is 125 Å². The van der Waals surface area contributed by atoms with Crippen molar-refractivity contribution < 1.29 is 32.6 Å². The average Bonchev–Trinajstić information content (AvgIpc) is 3.06. The van der Waals surface area contributed by atoms with E-state index in [2.05, 4.69) is 4.72 Å². The van der Waals surface area contributed by atoms with E-state index < -0.39 is 28.1 Å². The highest BCUT2D eigenvalue weighted by Gasteiger charge is 2.31. The van der Waals surface area contributed by atoms with Crippen LogP contribution in [0.5, 0.6) is 5.75 Å². The molecule has 1 aliphatic rings. The monoisotopic (exact) mass is 685 g/mol. The van der Waals surface area contributed by atoms with Crippen molar-refractivity contribution in [1.29, 1.82) is 0 Å². The first-order valence-electron chi connectivity index (χ1n) is 15.8. The molecule has 0 spiro atoms. The van der Waals surface area contributed by atoms with Crippen LogP contribution >= 0.6 is 11.6 Å². The van der Waals surface area contributed by atoms with Crippen molar-refractivity contribution in [1.82, 2.24) is 9.80 Å². The summed E-state index contributed by atoms with van der Waals surface area (Å²) in [5, 5.41) is 10.6. The number of carbonyl (C=O) groups is 2. The number of rotatable bonds is 8. The van der Waals surface area contributed by atoms with E-state index in [-0.39, 0.29) is 47.2 Å². The predicted molar refractivity (Wildman–Crippen MR) is 183 cm³/mol. The number of sulfonamides is 1. The number of likely N-dealkylation sites (N-methyl/N-ethyl adjacent to an activating group) is 1. The van der Waals surface area contributed by atoms with Crippen LogP contribution < -0.4 is 9.46 Å². The number of carbonyl (C=O) groups excluding carboxylic acids is 2. The number of nitrogens with one attached hydrogen (secondary N) is 1. The van der Waals surface area contributed by atoms with Gasteiger partial charge in [-0.25, -0.2) is 8.42 Å². The molecule has 0 saturated carbocycles. The third-order valence-corrected chi connectivity index (χ3v) is 9.90. The van der Waals surface area contributed by atoms with Gasteiger partial charge < -0.3 is 24.4 Å². The zero-order chi connectivity index (χ0) is 34.1. The number of hydrogen-bond donors (Lipinski definition) is 2. The van der Waals surface area contributed by atoms with Crippen LogP contribution in [-0.2, 0) is 14.8 Å². The quantitative estimate of drug-likeness (QED) is 0.311. The largest absolute Gasteiger partial charge is 0.490 e. The van der Waals surface area contributed by atoms with Crippen molar-refractivity contribution in [2.45, 2.75) is 63.2 Å². The smallest absolute Gasteiger partial charge is 0.261 e. The lowest BCUT2D eigenvalue weighted by Gasteiger charge is -2.36. The van der Waals surface area contributed by atoms with Gasteiger partial charge in [0.1, 0.15) is 5.75 Å². The molecule has 3 aromatic rings. The lowest BCUT2D eigenvalue weighted by Crippen LogP contribution is -2.48. The highest BCUT2D eigenvalue weighted by molar-refractivity contribution is 7.92. The van der Waals surface area contributed by atoms with E-state index >= 15 is 0 Å². The van der Waals surface area contributed by atoms with Crippen LogP contribution in [0.15, 0.2) is 77.7 Å². The molecular formula is C35H44ClN3O7S. The summed E-state index contributed by atoms with van der Waals surface area (Å²) < 4.78 is 41.5. The fraction of sp³-hybridized carbons (Fsp3) is 0.429. The molecule has 0 aromatic heterocycles. The maximum Gasteiger partial charge on any atom is 0.261 e. The van der Waals surface area contributed by atoms with Crippen molar-refractivity contribution in [3.8, 4) is 5.75 Å². The van der Waals surface area contributed by atoms with Gasteiger partial charge in [0.2, 0.25) is 0 Å². The molecule has 10 nitrogen and oxygen atoms in total. The zero-order valence-electron chi connectivity index (χ0n) is 27.3. The SMILES string of the molecule is C[C@H](CO)N1C[C@H](C)[C@H](CN(C)C(=O)c2ccccc2)OCCCC[C@H](C)Oc2ccc(NS(=O)(=O)c3ccc(Cl)cc3)cc2C1=O. The Labute approximate surface area is 282 Å². The van der Waals surface area contributed by atoms with Gasteiger partial charge in [0.05, 0.1) is 35.3 Å². The van der Waals surface area contributed by atoms with E-state index in [1.807, 2.05) is 32.0 Å². The maximum atomic E-state index is 14.3. The highest BCUT2D eigenvalue weighted by atomic mass is 35.5. The molecular weight excluding hydrogens is 642 g/mol. The van der Waals surface area contributed by atoms with Gasteiger partial charge in [-0.15, -0.1) is 0 Å². The third kappa shape index (κ3) is 9.70. The summed E-state index contributed by atoms with van der Waals surface area (Å²) in [6.07, 6.45) is 1.65. The molecule has 1 aliphatic heterocycles. The zero-order valence-corrected chi connectivity index (χ0v) is 28.8. The van der Waals surface area contributed by atoms with E-state index in [4.69, 9.17) is 21.1 Å². The second-order valence-electron chi connectivity index (χ2n) is 12.1. The molecule has 0 radical (unpaired) electrons. The van der Waals surface area contributed by atoms with Crippen molar-refractivity contribution >= 4 is 39.1 Å². The number of nitrogens with zero attached hydrogens (tertiary/aromatic N) is 2. The van der Waals surface area contributed by atoms with Crippen molar-refractivity contribution in [3.63, 3.8) is 0 Å². The summed E-state index contributed by atoms with van der Waals surface area (Å²) >= 11 is 5.94. The van der Waals surface area contributed by atoms with E-state index in [1.165, 1.54) is 30.3 Å². The number of anilines is 1. The Balaban J connectivity index is 1.66. The molecule has 4 rings (SSSR count). The molecule has 47 heavy (non-hydrogen) atoms. The Morgan fingerprint density at radius 1 is 1.09 bits per heavy atom. The van der Waals surface area contributed by atoms with Crippen LogP contribution in [0.4, 0.5) is 5.69 Å². The normalized spacial score (nSPS) is 20.3. The Morgan fingerprint density at radius 2 is 1.79 bits per heavy atom. The van der Waals surface area contributed by atoms with Gasteiger partial charge in [-0.3, -0.25) is 14.3 Å². The highest BCUT2D eigenvalue weighted by Crippen LogP contribution is 2.30. The number of ether oxygens (including phenoxy) is 2. The van der Waals surface area contributed by atoms with Crippen molar-refractivity contribution in [2.24, 2.45) is 5.92 Å². The maximum absolute atomic E-state index is 14.3. The van der Waals surface area contributed by atoms with Crippen LogP contribution in [-0.4, -0.2) is 86.7 Å². The van der Waals surface area contributed by atoms with E-state index in [1.54, 1.807) is 48.0 Å². The molecule has 12 heteroatoms. The van der Waals surface area contributed by atoms with Crippen molar-refractivity contribution in [3.05, 3.63) is 88.9 Å². The van der Waals surface area contributed by atoms with Gasteiger partial charge in [-0.05, 0) is 87.7 Å². The molecule has 0 aliphatic carbocycles. The number of fused-ring (bicyclic) bond motifs is 1. The van der Waals surface area contributed by atoms with E-state index in [0.29, 0.717) is 35.9 Å². The first-order chi connectivity index (χ1) is 22.4. The Bertz CT molecular complexity index is 1610. The van der Waals surface area contributed by atoms with Gasteiger partial charge >= 0.3 is 0 Å². The average molecular weight is 686 g/mol. The Hall–Kier alpha value is -3.64.